The molecule has 20 heavy (non-hydrogen) atoms. The average molecular weight is 286 g/mol. The maximum absolute atomic E-state index is 9.00. The molecule has 1 aliphatic rings. The third-order valence-electron chi connectivity index (χ3n) is 3.45. The molecule has 2 aromatic rings. The molecule has 0 spiro atoms. The Morgan fingerprint density at radius 2 is 2.15 bits per heavy atom. The predicted octanol–water partition coefficient (Wildman–Crippen LogP) is 1.72. The van der Waals surface area contributed by atoms with E-state index in [-0.39, 0.29) is 0 Å². The number of nitrogens with two attached hydrogens (primary N) is 1. The Hall–Kier alpha value is -2.07. The molecular weight excluding hydrogens is 272 g/mol. The van der Waals surface area contributed by atoms with Gasteiger partial charge >= 0.3 is 0 Å². The maximum Gasteiger partial charge on any atom is 0.189 e. The summed E-state index contributed by atoms with van der Waals surface area (Å²) in [5, 5.41) is 13.9. The lowest BCUT2D eigenvalue weighted by atomic mass is 9.96. The summed E-state index contributed by atoms with van der Waals surface area (Å²) in [6.07, 6.45) is 7.59. The Morgan fingerprint density at radius 3 is 2.85 bits per heavy atom. The summed E-state index contributed by atoms with van der Waals surface area (Å²) in [5.74, 6) is 1.06. The van der Waals surface area contributed by atoms with Gasteiger partial charge in [0, 0.05) is 5.56 Å². The first-order valence-electron chi connectivity index (χ1n) is 6.42. The molecule has 0 unspecified atom stereocenters. The quantitative estimate of drug-likeness (QED) is 0.667. The van der Waals surface area contributed by atoms with E-state index in [0.717, 1.165) is 42.8 Å². The molecule has 102 valence electrons. The Morgan fingerprint density at radius 1 is 1.35 bits per heavy atom. The molecule has 3 rings (SSSR count). The van der Waals surface area contributed by atoms with E-state index in [9.17, 15) is 0 Å². The van der Waals surface area contributed by atoms with Gasteiger partial charge in [0.05, 0.1) is 11.9 Å². The zero-order chi connectivity index (χ0) is 14.1. The molecule has 2 N–H and O–H groups in total. The molecule has 0 saturated heterocycles. The lowest BCUT2D eigenvalue weighted by molar-refractivity contribution is 0.635. The number of aryl methyl sites for hydroxylation is 1. The third kappa shape index (κ3) is 2.02. The van der Waals surface area contributed by atoms with Crippen LogP contribution in [0.4, 0.5) is 5.82 Å². The van der Waals surface area contributed by atoms with Crippen LogP contribution in [-0.2, 0) is 12.8 Å². The van der Waals surface area contributed by atoms with Crippen molar-refractivity contribution < 1.29 is 0 Å². The highest BCUT2D eigenvalue weighted by Crippen LogP contribution is 2.28. The number of hydrogen-bond donors (Lipinski definition) is 1. The number of anilines is 1. The number of nitriles is 1. The molecule has 2 aromatic heterocycles. The highest BCUT2D eigenvalue weighted by atomic mass is 32.2. The van der Waals surface area contributed by atoms with Crippen molar-refractivity contribution >= 4 is 17.6 Å². The first kappa shape index (κ1) is 12.9. The number of aromatic nitrogens is 4. The van der Waals surface area contributed by atoms with Gasteiger partial charge in [0.15, 0.2) is 11.0 Å². The number of rotatable bonds is 2. The van der Waals surface area contributed by atoms with Crippen molar-refractivity contribution in [1.82, 2.24) is 19.7 Å². The van der Waals surface area contributed by atoms with Crippen molar-refractivity contribution in [1.29, 1.82) is 5.26 Å². The van der Waals surface area contributed by atoms with Crippen LogP contribution in [0.1, 0.15) is 29.7 Å². The summed E-state index contributed by atoms with van der Waals surface area (Å²) in [5.41, 5.74) is 8.54. The SMILES string of the molecule is CSc1nc2c(c(-n3ncc(C#N)c3N)n1)CCCC2. The van der Waals surface area contributed by atoms with E-state index in [1.54, 1.807) is 4.68 Å². The second-order valence-corrected chi connectivity index (χ2v) is 5.41. The zero-order valence-corrected chi connectivity index (χ0v) is 11.9. The molecule has 2 heterocycles. The summed E-state index contributed by atoms with van der Waals surface area (Å²) in [7, 11) is 0. The van der Waals surface area contributed by atoms with Crippen molar-refractivity contribution in [2.75, 3.05) is 12.0 Å². The minimum Gasteiger partial charge on any atom is -0.382 e. The van der Waals surface area contributed by atoms with E-state index in [4.69, 9.17) is 11.0 Å². The molecule has 0 saturated carbocycles. The lowest BCUT2D eigenvalue weighted by Crippen LogP contribution is -2.15. The van der Waals surface area contributed by atoms with Gasteiger partial charge in [-0.1, -0.05) is 11.8 Å². The zero-order valence-electron chi connectivity index (χ0n) is 11.1. The van der Waals surface area contributed by atoms with Crippen LogP contribution in [0.2, 0.25) is 0 Å². The third-order valence-corrected chi connectivity index (χ3v) is 4.00. The van der Waals surface area contributed by atoms with Crippen LogP contribution in [0.5, 0.6) is 0 Å². The van der Waals surface area contributed by atoms with Crippen LogP contribution in [0, 0.1) is 11.3 Å². The molecule has 0 aromatic carbocycles. The number of thioether (sulfide) groups is 1. The van der Waals surface area contributed by atoms with E-state index in [1.165, 1.54) is 18.0 Å². The fourth-order valence-electron chi connectivity index (χ4n) is 2.43. The second-order valence-electron chi connectivity index (χ2n) is 4.63. The summed E-state index contributed by atoms with van der Waals surface area (Å²) >= 11 is 1.50. The molecule has 0 fully saturated rings. The van der Waals surface area contributed by atoms with E-state index < -0.39 is 0 Å². The Kier molecular flexibility index (Phi) is 3.32. The Bertz CT molecular complexity index is 700. The van der Waals surface area contributed by atoms with E-state index in [2.05, 4.69) is 15.1 Å². The minimum absolute atomic E-state index is 0.339. The van der Waals surface area contributed by atoms with Gasteiger partial charge in [0.1, 0.15) is 17.5 Å². The molecule has 0 bridgehead atoms. The highest BCUT2D eigenvalue weighted by Gasteiger charge is 2.21. The molecule has 0 atom stereocenters. The van der Waals surface area contributed by atoms with Gasteiger partial charge in [-0.15, -0.1) is 0 Å². The normalized spacial score (nSPS) is 13.8. The first-order chi connectivity index (χ1) is 9.74. The first-order valence-corrected chi connectivity index (χ1v) is 7.65. The summed E-state index contributed by atoms with van der Waals surface area (Å²) in [6.45, 7) is 0. The van der Waals surface area contributed by atoms with Gasteiger partial charge in [-0.05, 0) is 31.9 Å². The fourth-order valence-corrected chi connectivity index (χ4v) is 2.81. The number of nitrogens with zero attached hydrogens (tertiary/aromatic N) is 5. The predicted molar refractivity (Wildman–Crippen MR) is 76.7 cm³/mol. The number of nitrogen functional groups attached to an aromatic ring is 1. The van der Waals surface area contributed by atoms with E-state index in [0.29, 0.717) is 16.5 Å². The molecule has 0 amide bonds. The molecule has 7 heteroatoms. The molecular formula is C13H14N6S. The Labute approximate surface area is 121 Å². The topological polar surface area (TPSA) is 93.4 Å². The largest absolute Gasteiger partial charge is 0.382 e. The van der Waals surface area contributed by atoms with Gasteiger partial charge in [0.25, 0.3) is 0 Å². The van der Waals surface area contributed by atoms with Crippen molar-refractivity contribution in [3.05, 3.63) is 23.0 Å². The van der Waals surface area contributed by atoms with Crippen molar-refractivity contribution in [2.24, 2.45) is 0 Å². The van der Waals surface area contributed by atoms with Crippen molar-refractivity contribution in [3.8, 4) is 11.9 Å². The van der Waals surface area contributed by atoms with Crippen LogP contribution < -0.4 is 5.73 Å². The van der Waals surface area contributed by atoms with Crippen LogP contribution in [0.25, 0.3) is 5.82 Å². The van der Waals surface area contributed by atoms with Gasteiger partial charge < -0.3 is 5.73 Å². The number of hydrogen-bond acceptors (Lipinski definition) is 6. The van der Waals surface area contributed by atoms with E-state index >= 15 is 0 Å². The summed E-state index contributed by atoms with van der Waals surface area (Å²) < 4.78 is 1.56. The summed E-state index contributed by atoms with van der Waals surface area (Å²) in [4.78, 5) is 9.13. The standard InChI is InChI=1S/C13H14N6S/c1-20-13-17-10-5-3-2-4-9(10)12(18-13)19-11(15)8(6-14)7-16-19/h7H,2-5,15H2,1H3. The average Bonchev–Trinajstić information content (AvgIpc) is 2.86. The van der Waals surface area contributed by atoms with Gasteiger partial charge in [-0.2, -0.15) is 15.0 Å². The smallest absolute Gasteiger partial charge is 0.189 e. The molecule has 6 nitrogen and oxygen atoms in total. The molecule has 0 aliphatic heterocycles. The van der Waals surface area contributed by atoms with Crippen molar-refractivity contribution in [3.63, 3.8) is 0 Å². The van der Waals surface area contributed by atoms with E-state index in [1.807, 2.05) is 12.3 Å². The summed E-state index contributed by atoms with van der Waals surface area (Å²) in [6, 6.07) is 2.04. The minimum atomic E-state index is 0.339. The van der Waals surface area contributed by atoms with Crippen molar-refractivity contribution in [2.45, 2.75) is 30.8 Å². The van der Waals surface area contributed by atoms with Crippen LogP contribution in [0.15, 0.2) is 11.4 Å². The Balaban J connectivity index is 2.21. The maximum atomic E-state index is 9.00. The van der Waals surface area contributed by atoms with Gasteiger partial charge in [-0.3, -0.25) is 0 Å². The fraction of sp³-hybridized carbons (Fsp3) is 0.385. The van der Waals surface area contributed by atoms with Crippen LogP contribution in [0.3, 0.4) is 0 Å². The second kappa shape index (κ2) is 5.13. The monoisotopic (exact) mass is 286 g/mol. The molecule has 0 radical (unpaired) electrons. The molecule has 1 aliphatic carbocycles. The van der Waals surface area contributed by atoms with Crippen LogP contribution >= 0.6 is 11.8 Å². The van der Waals surface area contributed by atoms with Gasteiger partial charge in [-0.25, -0.2) is 9.97 Å². The van der Waals surface area contributed by atoms with Crippen LogP contribution in [-0.4, -0.2) is 26.0 Å². The lowest BCUT2D eigenvalue weighted by Gasteiger charge is -2.18. The van der Waals surface area contributed by atoms with Gasteiger partial charge in [0.2, 0.25) is 0 Å². The highest BCUT2D eigenvalue weighted by molar-refractivity contribution is 7.98. The number of fused-ring (bicyclic) bond motifs is 1.